The first-order chi connectivity index (χ1) is 12.0. The van der Waals surface area contributed by atoms with Crippen LogP contribution >= 0.6 is 0 Å². The minimum Gasteiger partial charge on any atom is -0.343 e. The van der Waals surface area contributed by atoms with Crippen molar-refractivity contribution in [2.75, 3.05) is 26.7 Å². The average molecular weight is 341 g/mol. The molecule has 1 N–H and O–H groups in total. The highest BCUT2D eigenvalue weighted by Gasteiger charge is 2.54. The van der Waals surface area contributed by atoms with Gasteiger partial charge < -0.3 is 15.1 Å². The van der Waals surface area contributed by atoms with Gasteiger partial charge in [0, 0.05) is 45.6 Å². The zero-order chi connectivity index (χ0) is 17.6. The lowest BCUT2D eigenvalue weighted by molar-refractivity contribution is -0.127. The van der Waals surface area contributed by atoms with E-state index >= 15 is 0 Å². The van der Waals surface area contributed by atoms with Gasteiger partial charge in [-0.1, -0.05) is 24.3 Å². The van der Waals surface area contributed by atoms with Crippen molar-refractivity contribution in [1.82, 2.24) is 15.1 Å². The first-order valence-electron chi connectivity index (χ1n) is 9.39. The summed E-state index contributed by atoms with van der Waals surface area (Å²) in [5, 5.41) is 3.25. The Morgan fingerprint density at radius 3 is 2.84 bits per heavy atom. The topological polar surface area (TPSA) is 52.7 Å². The molecule has 2 aliphatic carbocycles. The summed E-state index contributed by atoms with van der Waals surface area (Å²) in [5.74, 6) is 1.63. The molecule has 4 rings (SSSR count). The summed E-state index contributed by atoms with van der Waals surface area (Å²) in [6.07, 6.45) is 3.29. The van der Waals surface area contributed by atoms with E-state index in [0.717, 1.165) is 25.9 Å². The van der Waals surface area contributed by atoms with Gasteiger partial charge >= 0.3 is 6.03 Å². The fourth-order valence-electron chi connectivity index (χ4n) is 4.75. The molecule has 1 heterocycles. The van der Waals surface area contributed by atoms with Crippen molar-refractivity contribution in [1.29, 1.82) is 0 Å². The van der Waals surface area contributed by atoms with Crippen molar-refractivity contribution in [3.8, 4) is 0 Å². The SMILES string of the molecule is CC(=O)N1CC[C@H](CN(C)C(=O)N[C@@H]2[C@@H]3CCc4ccccc4[C@@H]32)C1. The number of aryl methyl sites for hydroxylation is 1. The standard InChI is InChI=1S/C20H27N3O2/c1-13(24)23-10-9-14(12-23)11-22(2)20(25)21-19-17-8-7-15-5-3-4-6-16(15)18(17)19/h3-6,14,17-19H,7-12H2,1-2H3,(H,21,25)/t14-,17-,18+,19-/m1/s1. The molecule has 134 valence electrons. The smallest absolute Gasteiger partial charge is 0.317 e. The number of urea groups is 1. The number of rotatable bonds is 3. The molecule has 0 radical (unpaired) electrons. The van der Waals surface area contributed by atoms with Crippen LogP contribution in [0.3, 0.4) is 0 Å². The Balaban J connectivity index is 1.31. The third-order valence-electron chi connectivity index (χ3n) is 6.23. The number of carbonyl (C=O) groups is 2. The highest BCUT2D eigenvalue weighted by atomic mass is 16.2. The fraction of sp³-hybridized carbons (Fsp3) is 0.600. The Labute approximate surface area is 149 Å². The molecule has 1 aromatic carbocycles. The highest BCUT2D eigenvalue weighted by Crippen LogP contribution is 2.54. The number of carbonyl (C=O) groups excluding carboxylic acids is 2. The summed E-state index contributed by atoms with van der Waals surface area (Å²) < 4.78 is 0. The summed E-state index contributed by atoms with van der Waals surface area (Å²) >= 11 is 0. The van der Waals surface area contributed by atoms with Crippen LogP contribution < -0.4 is 5.32 Å². The maximum Gasteiger partial charge on any atom is 0.317 e. The molecule has 1 aliphatic heterocycles. The van der Waals surface area contributed by atoms with Gasteiger partial charge in [0.25, 0.3) is 0 Å². The summed E-state index contributed by atoms with van der Waals surface area (Å²) in [4.78, 5) is 27.7. The normalized spacial score (nSPS) is 29.6. The van der Waals surface area contributed by atoms with Crippen molar-refractivity contribution < 1.29 is 9.59 Å². The third-order valence-corrected chi connectivity index (χ3v) is 6.23. The van der Waals surface area contributed by atoms with Gasteiger partial charge in [0.05, 0.1) is 0 Å². The molecule has 25 heavy (non-hydrogen) atoms. The molecule has 2 fully saturated rings. The highest BCUT2D eigenvalue weighted by molar-refractivity contribution is 5.75. The van der Waals surface area contributed by atoms with Gasteiger partial charge in [0.15, 0.2) is 0 Å². The summed E-state index contributed by atoms with van der Waals surface area (Å²) in [6.45, 7) is 3.92. The minimum atomic E-state index is 0.0261. The molecule has 5 nitrogen and oxygen atoms in total. The van der Waals surface area contributed by atoms with Crippen molar-refractivity contribution in [2.45, 2.75) is 38.1 Å². The van der Waals surface area contributed by atoms with E-state index in [-0.39, 0.29) is 18.0 Å². The number of nitrogens with zero attached hydrogens (tertiary/aromatic N) is 2. The zero-order valence-corrected chi connectivity index (χ0v) is 15.1. The second-order valence-corrected chi connectivity index (χ2v) is 7.90. The summed E-state index contributed by atoms with van der Waals surface area (Å²) in [5.41, 5.74) is 2.88. The van der Waals surface area contributed by atoms with Gasteiger partial charge in [-0.15, -0.1) is 0 Å². The molecule has 0 aromatic heterocycles. The molecular formula is C20H27N3O2. The van der Waals surface area contributed by atoms with Crippen LogP contribution in [0.15, 0.2) is 24.3 Å². The van der Waals surface area contributed by atoms with Gasteiger partial charge in [0.2, 0.25) is 5.91 Å². The van der Waals surface area contributed by atoms with E-state index in [1.165, 1.54) is 17.5 Å². The van der Waals surface area contributed by atoms with Gasteiger partial charge in [-0.05, 0) is 42.2 Å². The quantitative estimate of drug-likeness (QED) is 0.916. The molecule has 0 spiro atoms. The Bertz CT molecular complexity index is 689. The molecule has 1 saturated heterocycles. The number of benzene rings is 1. The van der Waals surface area contributed by atoms with Crippen LogP contribution in [0.4, 0.5) is 4.79 Å². The van der Waals surface area contributed by atoms with Crippen molar-refractivity contribution in [3.05, 3.63) is 35.4 Å². The van der Waals surface area contributed by atoms with Crippen LogP contribution in [0.25, 0.3) is 0 Å². The van der Waals surface area contributed by atoms with E-state index in [4.69, 9.17) is 0 Å². The second-order valence-electron chi connectivity index (χ2n) is 7.90. The van der Waals surface area contributed by atoms with Gasteiger partial charge in [-0.25, -0.2) is 4.79 Å². The number of nitrogens with one attached hydrogen (secondary N) is 1. The molecule has 0 bridgehead atoms. The van der Waals surface area contributed by atoms with Crippen molar-refractivity contribution in [3.63, 3.8) is 0 Å². The second kappa shape index (κ2) is 6.36. The third kappa shape index (κ3) is 3.12. The lowest BCUT2D eigenvalue weighted by Gasteiger charge is -2.22. The van der Waals surface area contributed by atoms with E-state index in [2.05, 4.69) is 29.6 Å². The fourth-order valence-corrected chi connectivity index (χ4v) is 4.75. The molecule has 3 aliphatic rings. The van der Waals surface area contributed by atoms with Crippen LogP contribution in [-0.2, 0) is 11.2 Å². The lowest BCUT2D eigenvalue weighted by atomic mass is 9.92. The van der Waals surface area contributed by atoms with Crippen molar-refractivity contribution in [2.24, 2.45) is 11.8 Å². The number of amides is 3. The molecular weight excluding hydrogens is 314 g/mol. The van der Waals surface area contributed by atoms with E-state index in [9.17, 15) is 9.59 Å². The summed E-state index contributed by atoms with van der Waals surface area (Å²) in [7, 11) is 1.87. The van der Waals surface area contributed by atoms with E-state index < -0.39 is 0 Å². The van der Waals surface area contributed by atoms with E-state index in [1.54, 1.807) is 11.8 Å². The lowest BCUT2D eigenvalue weighted by Crippen LogP contribution is -2.42. The van der Waals surface area contributed by atoms with E-state index in [0.29, 0.717) is 24.3 Å². The molecule has 3 amide bonds. The summed E-state index contributed by atoms with van der Waals surface area (Å²) in [6, 6.07) is 8.96. The minimum absolute atomic E-state index is 0.0261. The van der Waals surface area contributed by atoms with Crippen LogP contribution in [0.5, 0.6) is 0 Å². The molecule has 5 heteroatoms. The zero-order valence-electron chi connectivity index (χ0n) is 15.1. The van der Waals surface area contributed by atoms with Crippen LogP contribution in [0, 0.1) is 11.8 Å². The van der Waals surface area contributed by atoms with Gasteiger partial charge in [-0.2, -0.15) is 0 Å². The number of hydrogen-bond acceptors (Lipinski definition) is 2. The van der Waals surface area contributed by atoms with E-state index in [1.807, 2.05) is 11.9 Å². The number of hydrogen-bond donors (Lipinski definition) is 1. The van der Waals surface area contributed by atoms with Crippen LogP contribution in [-0.4, -0.2) is 54.5 Å². The Morgan fingerprint density at radius 2 is 2.08 bits per heavy atom. The molecule has 1 saturated carbocycles. The van der Waals surface area contributed by atoms with Gasteiger partial charge in [-0.3, -0.25) is 4.79 Å². The first kappa shape index (κ1) is 16.4. The monoisotopic (exact) mass is 341 g/mol. The Hall–Kier alpha value is -2.04. The predicted octanol–water partition coefficient (Wildman–Crippen LogP) is 2.22. The number of fused-ring (bicyclic) bond motifs is 3. The van der Waals surface area contributed by atoms with Crippen molar-refractivity contribution >= 4 is 11.9 Å². The molecule has 0 unspecified atom stereocenters. The number of likely N-dealkylation sites (tertiary alicyclic amines) is 1. The predicted molar refractivity (Wildman–Crippen MR) is 96.3 cm³/mol. The van der Waals surface area contributed by atoms with Gasteiger partial charge in [0.1, 0.15) is 0 Å². The maximum absolute atomic E-state index is 12.6. The van der Waals surface area contributed by atoms with Crippen LogP contribution in [0.2, 0.25) is 0 Å². The largest absolute Gasteiger partial charge is 0.343 e. The van der Waals surface area contributed by atoms with Crippen LogP contribution in [0.1, 0.15) is 36.8 Å². The molecule has 4 atom stereocenters. The average Bonchev–Trinajstić information content (AvgIpc) is 3.09. The first-order valence-corrected chi connectivity index (χ1v) is 9.39. The molecule has 1 aromatic rings. The Kier molecular flexibility index (Phi) is 4.18. The maximum atomic E-state index is 12.6. The Morgan fingerprint density at radius 1 is 1.28 bits per heavy atom.